The molecule has 1 saturated carbocycles. The molecule has 1 fully saturated rings. The molecule has 0 aromatic carbocycles. The molecule has 0 N–H and O–H groups in total. The molecule has 1 aliphatic rings. The van der Waals surface area contributed by atoms with Gasteiger partial charge in [-0.25, -0.2) is 0 Å². The highest BCUT2D eigenvalue weighted by molar-refractivity contribution is 5.72. The van der Waals surface area contributed by atoms with E-state index in [4.69, 9.17) is 9.26 Å². The molecule has 17 heavy (non-hydrogen) atoms. The molecule has 94 valence electrons. The predicted octanol–water partition coefficient (Wildman–Crippen LogP) is 1.37. The molecule has 6 heteroatoms. The van der Waals surface area contributed by atoms with Crippen molar-refractivity contribution >= 4 is 11.9 Å². The minimum Gasteiger partial charge on any atom is -0.455 e. The summed E-state index contributed by atoms with van der Waals surface area (Å²) in [6.45, 7) is 0.0656. The Morgan fingerprint density at radius 3 is 2.76 bits per heavy atom. The van der Waals surface area contributed by atoms with Gasteiger partial charge in [0.1, 0.15) is 0 Å². The van der Waals surface area contributed by atoms with E-state index < -0.39 is 0 Å². The van der Waals surface area contributed by atoms with E-state index in [1.165, 1.54) is 0 Å². The molecule has 0 radical (unpaired) electrons. The van der Waals surface area contributed by atoms with Crippen LogP contribution in [-0.4, -0.2) is 30.2 Å². The number of aromatic nitrogens is 2. The molecule has 0 saturated heterocycles. The van der Waals surface area contributed by atoms with Crippen molar-refractivity contribution in [2.75, 3.05) is 19.0 Å². The van der Waals surface area contributed by atoms with Gasteiger partial charge in [0.05, 0.1) is 5.92 Å². The zero-order valence-corrected chi connectivity index (χ0v) is 10.2. The van der Waals surface area contributed by atoms with Crippen LogP contribution in [0.4, 0.5) is 5.95 Å². The number of carbonyl (C=O) groups excluding carboxylic acids is 1. The van der Waals surface area contributed by atoms with Crippen LogP contribution in [0.15, 0.2) is 4.52 Å². The van der Waals surface area contributed by atoms with Gasteiger partial charge in [0, 0.05) is 14.1 Å². The lowest BCUT2D eigenvalue weighted by Gasteiger charge is -2.07. The lowest BCUT2D eigenvalue weighted by Crippen LogP contribution is -2.14. The van der Waals surface area contributed by atoms with E-state index in [2.05, 4.69) is 10.1 Å². The van der Waals surface area contributed by atoms with Crippen LogP contribution in [0.5, 0.6) is 0 Å². The van der Waals surface area contributed by atoms with Gasteiger partial charge in [-0.2, -0.15) is 4.98 Å². The molecule has 0 aliphatic heterocycles. The summed E-state index contributed by atoms with van der Waals surface area (Å²) in [6, 6.07) is 0. The van der Waals surface area contributed by atoms with Crippen LogP contribution in [0.2, 0.25) is 0 Å². The van der Waals surface area contributed by atoms with Gasteiger partial charge in [0.2, 0.25) is 0 Å². The van der Waals surface area contributed by atoms with Gasteiger partial charge >= 0.3 is 5.97 Å². The van der Waals surface area contributed by atoms with Crippen molar-refractivity contribution in [3.05, 3.63) is 5.89 Å². The van der Waals surface area contributed by atoms with Crippen molar-refractivity contribution in [2.45, 2.75) is 32.3 Å². The second-order valence-electron chi connectivity index (χ2n) is 4.47. The first-order valence-electron chi connectivity index (χ1n) is 5.83. The summed E-state index contributed by atoms with van der Waals surface area (Å²) in [7, 11) is 3.64. The summed E-state index contributed by atoms with van der Waals surface area (Å²) in [5.41, 5.74) is 0. The van der Waals surface area contributed by atoms with Gasteiger partial charge in [-0.1, -0.05) is 12.8 Å². The molecule has 6 nitrogen and oxygen atoms in total. The Morgan fingerprint density at radius 1 is 1.47 bits per heavy atom. The fourth-order valence-corrected chi connectivity index (χ4v) is 1.90. The summed E-state index contributed by atoms with van der Waals surface area (Å²) in [5, 5.41) is 3.74. The average Bonchev–Trinajstić information content (AvgIpc) is 2.97. The lowest BCUT2D eigenvalue weighted by atomic mass is 10.1. The van der Waals surface area contributed by atoms with Crippen molar-refractivity contribution in [3.63, 3.8) is 0 Å². The van der Waals surface area contributed by atoms with Crippen molar-refractivity contribution in [3.8, 4) is 0 Å². The molecule has 1 heterocycles. The SMILES string of the molecule is CN(C)c1noc(COC(=O)C2CCCC2)n1. The monoisotopic (exact) mass is 239 g/mol. The molecular formula is C11H17N3O3. The van der Waals surface area contributed by atoms with E-state index in [1.54, 1.807) is 4.90 Å². The molecule has 0 atom stereocenters. The third-order valence-corrected chi connectivity index (χ3v) is 2.88. The number of anilines is 1. The molecule has 1 aromatic rings. The standard InChI is InChI=1S/C11H17N3O3/c1-14(2)11-12-9(17-13-11)7-16-10(15)8-5-3-4-6-8/h8H,3-7H2,1-2H3. The van der Waals surface area contributed by atoms with Crippen LogP contribution in [0.25, 0.3) is 0 Å². The van der Waals surface area contributed by atoms with Crippen molar-refractivity contribution in [2.24, 2.45) is 5.92 Å². The largest absolute Gasteiger partial charge is 0.455 e. The number of esters is 1. The highest BCUT2D eigenvalue weighted by Crippen LogP contribution is 2.26. The predicted molar refractivity (Wildman–Crippen MR) is 60.4 cm³/mol. The summed E-state index contributed by atoms with van der Waals surface area (Å²) >= 11 is 0. The molecule has 1 aliphatic carbocycles. The van der Waals surface area contributed by atoms with Gasteiger partial charge < -0.3 is 14.2 Å². The van der Waals surface area contributed by atoms with Crippen LogP contribution in [0.1, 0.15) is 31.6 Å². The number of carbonyl (C=O) groups is 1. The topological polar surface area (TPSA) is 68.5 Å². The third kappa shape index (κ3) is 2.95. The minimum absolute atomic E-state index is 0.0613. The fourth-order valence-electron chi connectivity index (χ4n) is 1.90. The van der Waals surface area contributed by atoms with E-state index in [9.17, 15) is 4.79 Å². The lowest BCUT2D eigenvalue weighted by molar-refractivity contribution is -0.150. The maximum Gasteiger partial charge on any atom is 0.309 e. The van der Waals surface area contributed by atoms with Crippen molar-refractivity contribution < 1.29 is 14.1 Å². The molecule has 2 rings (SSSR count). The smallest absolute Gasteiger partial charge is 0.309 e. The summed E-state index contributed by atoms with van der Waals surface area (Å²) in [6.07, 6.45) is 4.10. The number of rotatable bonds is 4. The van der Waals surface area contributed by atoms with Gasteiger partial charge in [-0.15, -0.1) is 0 Å². The normalized spacial score (nSPS) is 16.1. The Morgan fingerprint density at radius 2 is 2.18 bits per heavy atom. The number of hydrogen-bond acceptors (Lipinski definition) is 6. The first kappa shape index (κ1) is 11.9. The first-order chi connectivity index (χ1) is 8.16. The van der Waals surface area contributed by atoms with Gasteiger partial charge in [-0.3, -0.25) is 4.79 Å². The van der Waals surface area contributed by atoms with Crippen LogP contribution in [0, 0.1) is 5.92 Å². The van der Waals surface area contributed by atoms with Crippen LogP contribution in [0.3, 0.4) is 0 Å². The maximum atomic E-state index is 11.6. The Bertz CT molecular complexity index is 383. The van der Waals surface area contributed by atoms with Gasteiger partial charge in [0.15, 0.2) is 6.61 Å². The quantitative estimate of drug-likeness (QED) is 0.739. The maximum absolute atomic E-state index is 11.6. The Kier molecular flexibility index (Phi) is 3.61. The zero-order chi connectivity index (χ0) is 12.3. The van der Waals surface area contributed by atoms with Gasteiger partial charge in [0.25, 0.3) is 11.8 Å². The Labute approximate surface area is 99.9 Å². The molecule has 0 amide bonds. The number of hydrogen-bond donors (Lipinski definition) is 0. The second kappa shape index (κ2) is 5.16. The molecule has 0 bridgehead atoms. The van der Waals surface area contributed by atoms with E-state index >= 15 is 0 Å². The Balaban J connectivity index is 1.82. The zero-order valence-electron chi connectivity index (χ0n) is 10.2. The summed E-state index contributed by atoms with van der Waals surface area (Å²) in [5.74, 6) is 0.732. The second-order valence-corrected chi connectivity index (χ2v) is 4.47. The van der Waals surface area contributed by atoms with E-state index in [0.717, 1.165) is 25.7 Å². The minimum atomic E-state index is -0.146. The summed E-state index contributed by atoms with van der Waals surface area (Å²) in [4.78, 5) is 17.4. The first-order valence-corrected chi connectivity index (χ1v) is 5.83. The number of ether oxygens (including phenoxy) is 1. The van der Waals surface area contributed by atoms with Gasteiger partial charge in [-0.05, 0) is 18.0 Å². The van der Waals surface area contributed by atoms with Crippen LogP contribution >= 0.6 is 0 Å². The third-order valence-electron chi connectivity index (χ3n) is 2.88. The van der Waals surface area contributed by atoms with E-state index in [0.29, 0.717) is 11.8 Å². The van der Waals surface area contributed by atoms with Crippen molar-refractivity contribution in [1.29, 1.82) is 0 Å². The molecule has 0 unspecified atom stereocenters. The van der Waals surface area contributed by atoms with E-state index in [1.807, 2.05) is 14.1 Å². The Hall–Kier alpha value is -1.59. The van der Waals surface area contributed by atoms with E-state index in [-0.39, 0.29) is 18.5 Å². The van der Waals surface area contributed by atoms with Crippen molar-refractivity contribution in [1.82, 2.24) is 10.1 Å². The average molecular weight is 239 g/mol. The van der Waals surface area contributed by atoms with Crippen LogP contribution < -0.4 is 4.90 Å². The highest BCUT2D eigenvalue weighted by Gasteiger charge is 2.24. The number of nitrogens with zero attached hydrogens (tertiary/aromatic N) is 3. The molecule has 1 aromatic heterocycles. The summed E-state index contributed by atoms with van der Waals surface area (Å²) < 4.78 is 10.1. The molecular weight excluding hydrogens is 222 g/mol. The molecule has 0 spiro atoms. The highest BCUT2D eigenvalue weighted by atomic mass is 16.6. The van der Waals surface area contributed by atoms with Crippen LogP contribution in [-0.2, 0) is 16.1 Å². The fraction of sp³-hybridized carbons (Fsp3) is 0.727.